The molecule has 0 aliphatic heterocycles. The van der Waals surface area contributed by atoms with Crippen LogP contribution in [0.5, 0.6) is 0 Å². The van der Waals surface area contributed by atoms with Crippen molar-refractivity contribution in [3.8, 4) is 0 Å². The number of thiophene rings is 1. The van der Waals surface area contributed by atoms with Crippen molar-refractivity contribution in [2.24, 2.45) is 5.73 Å². The summed E-state index contributed by atoms with van der Waals surface area (Å²) in [6.45, 7) is 6.33. The first-order valence-corrected chi connectivity index (χ1v) is 5.81. The fourth-order valence-electron chi connectivity index (χ4n) is 1.21. The van der Waals surface area contributed by atoms with Gasteiger partial charge in [0.05, 0.1) is 6.42 Å². The molecule has 0 saturated heterocycles. The second-order valence-electron chi connectivity index (χ2n) is 4.33. The number of amides is 1. The Morgan fingerprint density at radius 2 is 2.12 bits per heavy atom. The van der Waals surface area contributed by atoms with E-state index in [0.29, 0.717) is 13.0 Å². The Morgan fingerprint density at radius 3 is 2.56 bits per heavy atom. The Kier molecular flexibility index (Phi) is 6.00. The molecular weight excluding hydrogens is 244 g/mol. The summed E-state index contributed by atoms with van der Waals surface area (Å²) >= 11 is 1.66. The van der Waals surface area contributed by atoms with Crippen LogP contribution in [0.3, 0.4) is 0 Å². The van der Waals surface area contributed by atoms with Crippen LogP contribution in [0, 0.1) is 6.92 Å². The molecule has 0 bridgehead atoms. The zero-order valence-electron chi connectivity index (χ0n) is 9.87. The average Bonchev–Trinajstić information content (AvgIpc) is 2.50. The smallest absolute Gasteiger partial charge is 0.225 e. The Morgan fingerprint density at radius 1 is 1.50 bits per heavy atom. The molecule has 0 unspecified atom stereocenters. The van der Waals surface area contributed by atoms with Crippen LogP contribution in [0.25, 0.3) is 0 Å². The topological polar surface area (TPSA) is 55.1 Å². The van der Waals surface area contributed by atoms with E-state index < -0.39 is 0 Å². The van der Waals surface area contributed by atoms with Crippen molar-refractivity contribution >= 4 is 29.7 Å². The molecule has 0 radical (unpaired) electrons. The maximum absolute atomic E-state index is 11.6. The third kappa shape index (κ3) is 4.96. The summed E-state index contributed by atoms with van der Waals surface area (Å²) in [5.41, 5.74) is 5.22. The molecule has 1 rings (SSSR count). The van der Waals surface area contributed by atoms with Crippen LogP contribution in [0.4, 0.5) is 0 Å². The van der Waals surface area contributed by atoms with E-state index in [0.717, 1.165) is 4.88 Å². The van der Waals surface area contributed by atoms with Gasteiger partial charge >= 0.3 is 0 Å². The Bertz CT molecular complexity index is 350. The van der Waals surface area contributed by atoms with Gasteiger partial charge in [-0.3, -0.25) is 4.79 Å². The summed E-state index contributed by atoms with van der Waals surface area (Å²) in [6.07, 6.45) is 0.446. The van der Waals surface area contributed by atoms with Crippen LogP contribution < -0.4 is 11.1 Å². The molecule has 0 spiro atoms. The highest BCUT2D eigenvalue weighted by atomic mass is 35.5. The largest absolute Gasteiger partial charge is 0.350 e. The minimum absolute atomic E-state index is 0. The quantitative estimate of drug-likeness (QED) is 0.871. The molecule has 1 heterocycles. The van der Waals surface area contributed by atoms with Crippen molar-refractivity contribution in [1.82, 2.24) is 5.32 Å². The average molecular weight is 263 g/mol. The van der Waals surface area contributed by atoms with Gasteiger partial charge in [0, 0.05) is 21.8 Å². The summed E-state index contributed by atoms with van der Waals surface area (Å²) < 4.78 is 0. The maximum Gasteiger partial charge on any atom is 0.225 e. The molecule has 0 aliphatic rings. The molecule has 3 nitrogen and oxygen atoms in total. The van der Waals surface area contributed by atoms with E-state index in [9.17, 15) is 4.79 Å². The van der Waals surface area contributed by atoms with Crippen molar-refractivity contribution < 1.29 is 4.79 Å². The minimum Gasteiger partial charge on any atom is -0.350 e. The summed E-state index contributed by atoms with van der Waals surface area (Å²) in [5.74, 6) is 0.0345. The van der Waals surface area contributed by atoms with Crippen molar-refractivity contribution in [3.05, 3.63) is 21.9 Å². The van der Waals surface area contributed by atoms with Crippen molar-refractivity contribution in [1.29, 1.82) is 0 Å². The van der Waals surface area contributed by atoms with Crippen molar-refractivity contribution in [2.75, 3.05) is 6.54 Å². The van der Waals surface area contributed by atoms with Crippen LogP contribution in [-0.2, 0) is 11.2 Å². The number of halogens is 1. The molecule has 5 heteroatoms. The van der Waals surface area contributed by atoms with Gasteiger partial charge in [-0.05, 0) is 32.9 Å². The molecule has 1 amide bonds. The number of hydrogen-bond donors (Lipinski definition) is 2. The maximum atomic E-state index is 11.6. The van der Waals surface area contributed by atoms with E-state index in [1.54, 1.807) is 11.3 Å². The molecule has 3 N–H and O–H groups in total. The second-order valence-corrected chi connectivity index (χ2v) is 5.70. The Labute approximate surface area is 107 Å². The molecule has 16 heavy (non-hydrogen) atoms. The van der Waals surface area contributed by atoms with Crippen LogP contribution in [0.1, 0.15) is 23.6 Å². The van der Waals surface area contributed by atoms with Crippen molar-refractivity contribution in [2.45, 2.75) is 32.7 Å². The van der Waals surface area contributed by atoms with Gasteiger partial charge in [0.15, 0.2) is 0 Å². The van der Waals surface area contributed by atoms with E-state index in [2.05, 4.69) is 5.32 Å². The molecule has 0 saturated carbocycles. The highest BCUT2D eigenvalue weighted by molar-refractivity contribution is 7.12. The van der Waals surface area contributed by atoms with Gasteiger partial charge in [0.25, 0.3) is 0 Å². The van der Waals surface area contributed by atoms with Crippen LogP contribution in [0.15, 0.2) is 12.1 Å². The number of nitrogens with one attached hydrogen (secondary N) is 1. The van der Waals surface area contributed by atoms with Gasteiger partial charge < -0.3 is 11.1 Å². The predicted octanol–water partition coefficient (Wildman–Crippen LogP) is 1.87. The molecule has 1 aromatic heterocycles. The van der Waals surface area contributed by atoms with E-state index in [1.807, 2.05) is 32.9 Å². The van der Waals surface area contributed by atoms with Gasteiger partial charge in [-0.1, -0.05) is 0 Å². The number of carbonyl (C=O) groups excluding carboxylic acids is 1. The first-order valence-electron chi connectivity index (χ1n) is 4.99. The third-order valence-corrected chi connectivity index (χ3v) is 3.12. The number of rotatable bonds is 4. The number of nitrogens with two attached hydrogens (primary N) is 1. The first kappa shape index (κ1) is 15.4. The summed E-state index contributed by atoms with van der Waals surface area (Å²) in [7, 11) is 0. The second kappa shape index (κ2) is 6.23. The monoisotopic (exact) mass is 262 g/mol. The first-order chi connectivity index (χ1) is 6.93. The molecule has 1 aromatic rings. The highest BCUT2D eigenvalue weighted by Crippen LogP contribution is 2.15. The minimum atomic E-state index is -0.316. The van der Waals surface area contributed by atoms with Crippen LogP contribution >= 0.6 is 23.7 Å². The lowest BCUT2D eigenvalue weighted by molar-refractivity contribution is -0.121. The van der Waals surface area contributed by atoms with Gasteiger partial charge in [-0.15, -0.1) is 23.7 Å². The van der Waals surface area contributed by atoms with Gasteiger partial charge in [-0.2, -0.15) is 0 Å². The highest BCUT2D eigenvalue weighted by Gasteiger charge is 2.18. The zero-order valence-corrected chi connectivity index (χ0v) is 11.5. The number of aryl methyl sites for hydroxylation is 1. The van der Waals surface area contributed by atoms with E-state index >= 15 is 0 Å². The molecule has 0 aromatic carbocycles. The SMILES string of the molecule is Cc1ccc(CC(=O)NC(C)(C)CN)s1.Cl. The van der Waals surface area contributed by atoms with E-state index in [-0.39, 0.29) is 23.9 Å². The van der Waals surface area contributed by atoms with Crippen molar-refractivity contribution in [3.63, 3.8) is 0 Å². The van der Waals surface area contributed by atoms with Crippen LogP contribution in [0.2, 0.25) is 0 Å². The van der Waals surface area contributed by atoms with Gasteiger partial charge in [-0.25, -0.2) is 0 Å². The summed E-state index contributed by atoms with van der Waals surface area (Å²) in [6, 6.07) is 4.02. The molecule has 92 valence electrons. The predicted molar refractivity (Wildman–Crippen MR) is 71.3 cm³/mol. The zero-order chi connectivity index (χ0) is 11.5. The fourth-order valence-corrected chi connectivity index (χ4v) is 2.10. The number of carbonyl (C=O) groups is 1. The lowest BCUT2D eigenvalue weighted by Crippen LogP contribution is -2.49. The van der Waals surface area contributed by atoms with E-state index in [1.165, 1.54) is 4.88 Å². The third-order valence-electron chi connectivity index (χ3n) is 2.12. The van der Waals surface area contributed by atoms with Gasteiger partial charge in [0.1, 0.15) is 0 Å². The summed E-state index contributed by atoms with van der Waals surface area (Å²) in [5, 5.41) is 2.91. The molecular formula is C11H19ClN2OS. The lowest BCUT2D eigenvalue weighted by atomic mass is 10.1. The summed E-state index contributed by atoms with van der Waals surface area (Å²) in [4.78, 5) is 14.0. The Balaban J connectivity index is 0.00000225. The fraction of sp³-hybridized carbons (Fsp3) is 0.545. The van der Waals surface area contributed by atoms with Gasteiger partial charge in [0.2, 0.25) is 5.91 Å². The lowest BCUT2D eigenvalue weighted by Gasteiger charge is -2.23. The standard InChI is InChI=1S/C11H18N2OS.ClH/c1-8-4-5-9(15-8)6-10(14)13-11(2,3)7-12;/h4-5H,6-7,12H2,1-3H3,(H,13,14);1H. The normalized spacial score (nSPS) is 10.8. The Hall–Kier alpha value is -0.580. The number of hydrogen-bond acceptors (Lipinski definition) is 3. The molecule has 0 atom stereocenters. The van der Waals surface area contributed by atoms with E-state index in [4.69, 9.17) is 5.73 Å². The molecule has 0 fully saturated rings. The molecule has 0 aliphatic carbocycles. The van der Waals surface area contributed by atoms with Crippen LogP contribution in [-0.4, -0.2) is 18.0 Å².